The van der Waals surface area contributed by atoms with Crippen LogP contribution in [0, 0.1) is 0 Å². The summed E-state index contributed by atoms with van der Waals surface area (Å²) in [5.41, 5.74) is 0. The summed E-state index contributed by atoms with van der Waals surface area (Å²) in [6, 6.07) is -0.0571. The topological polar surface area (TPSA) is 85.4 Å². The maximum atomic E-state index is 12.1. The number of aromatic nitrogens is 2. The van der Waals surface area contributed by atoms with Crippen LogP contribution < -0.4 is 10.6 Å². The lowest BCUT2D eigenvalue weighted by molar-refractivity contribution is -0.179. The van der Waals surface area contributed by atoms with Gasteiger partial charge in [0, 0.05) is 25.3 Å². The summed E-state index contributed by atoms with van der Waals surface area (Å²) < 4.78 is 11.4. The van der Waals surface area contributed by atoms with Crippen molar-refractivity contribution in [2.45, 2.75) is 63.7 Å². The molecule has 0 aromatic carbocycles. The largest absolute Gasteiger partial charge is 0.348 e. The number of anilines is 1. The lowest BCUT2D eigenvalue weighted by atomic mass is 9.90. The van der Waals surface area contributed by atoms with Gasteiger partial charge in [0.05, 0.1) is 13.2 Å². The van der Waals surface area contributed by atoms with E-state index >= 15 is 0 Å². The van der Waals surface area contributed by atoms with Crippen molar-refractivity contribution in [2.75, 3.05) is 18.5 Å². The van der Waals surface area contributed by atoms with Crippen molar-refractivity contribution in [1.29, 1.82) is 0 Å². The number of carbonyl (C=O) groups excluding carboxylic acids is 1. The average molecular weight is 340 g/mol. The molecule has 1 aliphatic carbocycles. The van der Waals surface area contributed by atoms with Gasteiger partial charge in [0.1, 0.15) is 5.01 Å². The minimum absolute atomic E-state index is 0.154. The monoisotopic (exact) mass is 340 g/mol. The predicted molar refractivity (Wildman–Crippen MR) is 87.6 cm³/mol. The molecule has 1 saturated heterocycles. The fraction of sp³-hybridized carbons (Fsp3) is 0.800. The summed E-state index contributed by atoms with van der Waals surface area (Å²) in [5.74, 6) is -0.387. The second-order valence-electron chi connectivity index (χ2n) is 6.08. The molecule has 2 aliphatic rings. The molecule has 3 rings (SSSR count). The first-order valence-electron chi connectivity index (χ1n) is 8.37. The summed E-state index contributed by atoms with van der Waals surface area (Å²) in [6.45, 7) is 3.50. The van der Waals surface area contributed by atoms with Crippen LogP contribution >= 0.6 is 11.3 Å². The lowest BCUT2D eigenvalue weighted by Gasteiger charge is -2.35. The van der Waals surface area contributed by atoms with Crippen molar-refractivity contribution in [2.24, 2.45) is 0 Å². The normalized spacial score (nSPS) is 20.7. The molecule has 2 fully saturated rings. The van der Waals surface area contributed by atoms with Crippen molar-refractivity contribution in [1.82, 2.24) is 15.5 Å². The van der Waals surface area contributed by atoms with E-state index in [4.69, 9.17) is 9.47 Å². The number of unbranched alkanes of at least 4 members (excludes halogenated alkanes) is 1. The number of hydrogen-bond acceptors (Lipinski definition) is 6. The van der Waals surface area contributed by atoms with Crippen LogP contribution in [-0.4, -0.2) is 41.3 Å². The van der Waals surface area contributed by atoms with E-state index in [2.05, 4.69) is 27.8 Å². The van der Waals surface area contributed by atoms with Crippen molar-refractivity contribution in [3.8, 4) is 0 Å². The van der Waals surface area contributed by atoms with Crippen LogP contribution in [0.1, 0.15) is 50.5 Å². The van der Waals surface area contributed by atoms with Gasteiger partial charge in [-0.15, -0.1) is 10.2 Å². The van der Waals surface area contributed by atoms with Crippen molar-refractivity contribution in [3.05, 3.63) is 5.01 Å². The van der Waals surface area contributed by atoms with E-state index in [1.54, 1.807) is 0 Å². The summed E-state index contributed by atoms with van der Waals surface area (Å²) in [4.78, 5) is 12.1. The molecule has 1 aliphatic heterocycles. The summed E-state index contributed by atoms with van der Waals surface area (Å²) in [6.07, 6.45) is 6.53. The quantitative estimate of drug-likeness (QED) is 0.861. The number of aryl methyl sites for hydroxylation is 1. The maximum Gasteiger partial charge on any atom is 0.321 e. The van der Waals surface area contributed by atoms with E-state index in [0.29, 0.717) is 18.3 Å². The molecule has 1 aromatic rings. The van der Waals surface area contributed by atoms with E-state index in [1.165, 1.54) is 11.3 Å². The first-order valence-corrected chi connectivity index (χ1v) is 9.18. The minimum atomic E-state index is -0.387. The van der Waals surface area contributed by atoms with Gasteiger partial charge in [0.15, 0.2) is 5.79 Å². The molecule has 0 bridgehead atoms. The Hall–Kier alpha value is -1.25. The van der Waals surface area contributed by atoms with E-state index < -0.39 is 0 Å². The zero-order chi connectivity index (χ0) is 16.1. The van der Waals surface area contributed by atoms with Crippen LogP contribution in [-0.2, 0) is 15.9 Å². The first kappa shape index (κ1) is 16.6. The third-order valence-electron chi connectivity index (χ3n) is 4.33. The summed E-state index contributed by atoms with van der Waals surface area (Å²) in [7, 11) is 0. The molecule has 1 aromatic heterocycles. The van der Waals surface area contributed by atoms with Crippen LogP contribution in [0.15, 0.2) is 0 Å². The number of nitrogens with one attached hydrogen (secondary N) is 2. The third-order valence-corrected chi connectivity index (χ3v) is 5.23. The van der Waals surface area contributed by atoms with E-state index in [9.17, 15) is 4.79 Å². The van der Waals surface area contributed by atoms with Gasteiger partial charge in [-0.3, -0.25) is 5.32 Å². The molecule has 2 heterocycles. The standard InChI is InChI=1S/C15H24N4O3S/c1-2-3-4-12-18-19-14(23-12)17-13(20)16-11-5-7-15(8-6-11)21-9-10-22-15/h11H,2-10H2,1H3,(H2,16,17,19,20). The van der Waals surface area contributed by atoms with Crippen LogP contribution in [0.4, 0.5) is 9.93 Å². The fourth-order valence-electron chi connectivity index (χ4n) is 3.04. The number of carbonyl (C=O) groups is 1. The highest BCUT2D eigenvalue weighted by Gasteiger charge is 2.40. The van der Waals surface area contributed by atoms with E-state index in [0.717, 1.165) is 50.0 Å². The van der Waals surface area contributed by atoms with Crippen molar-refractivity contribution in [3.63, 3.8) is 0 Å². The van der Waals surface area contributed by atoms with Crippen molar-refractivity contribution < 1.29 is 14.3 Å². The first-order chi connectivity index (χ1) is 11.2. The SMILES string of the molecule is CCCCc1nnc(NC(=O)NC2CCC3(CC2)OCCO3)s1. The molecule has 128 valence electrons. The minimum Gasteiger partial charge on any atom is -0.348 e. The fourth-order valence-corrected chi connectivity index (χ4v) is 3.82. The van der Waals surface area contributed by atoms with Crippen LogP contribution in [0.2, 0.25) is 0 Å². The molecule has 0 atom stereocenters. The number of rotatable bonds is 5. The smallest absolute Gasteiger partial charge is 0.321 e. The van der Waals surface area contributed by atoms with Crippen LogP contribution in [0.25, 0.3) is 0 Å². The molecule has 0 radical (unpaired) electrons. The van der Waals surface area contributed by atoms with Gasteiger partial charge >= 0.3 is 6.03 Å². The van der Waals surface area contributed by atoms with Gasteiger partial charge in [-0.2, -0.15) is 0 Å². The van der Waals surface area contributed by atoms with Gasteiger partial charge in [0.25, 0.3) is 0 Å². The molecule has 2 amide bonds. The molecule has 0 unspecified atom stereocenters. The van der Waals surface area contributed by atoms with Gasteiger partial charge < -0.3 is 14.8 Å². The van der Waals surface area contributed by atoms with Gasteiger partial charge in [0.2, 0.25) is 5.13 Å². The lowest BCUT2D eigenvalue weighted by Crippen LogP contribution is -2.45. The molecule has 8 heteroatoms. The van der Waals surface area contributed by atoms with Crippen molar-refractivity contribution >= 4 is 22.5 Å². The maximum absolute atomic E-state index is 12.1. The predicted octanol–water partition coefficient (Wildman–Crippen LogP) is 2.69. The van der Waals surface area contributed by atoms with E-state index in [-0.39, 0.29) is 17.9 Å². The van der Waals surface area contributed by atoms with Gasteiger partial charge in [-0.1, -0.05) is 24.7 Å². The molecule has 7 nitrogen and oxygen atoms in total. The number of ether oxygens (including phenoxy) is 2. The second-order valence-corrected chi connectivity index (χ2v) is 7.15. The molecular weight excluding hydrogens is 316 g/mol. The highest BCUT2D eigenvalue weighted by Crippen LogP contribution is 2.35. The Morgan fingerprint density at radius 1 is 1.30 bits per heavy atom. The highest BCUT2D eigenvalue weighted by atomic mass is 32.1. The number of amides is 2. The molecule has 1 saturated carbocycles. The number of urea groups is 1. The summed E-state index contributed by atoms with van der Waals surface area (Å²) >= 11 is 1.44. The zero-order valence-electron chi connectivity index (χ0n) is 13.5. The second kappa shape index (κ2) is 7.55. The van der Waals surface area contributed by atoms with Gasteiger partial charge in [-0.25, -0.2) is 4.79 Å². The molecule has 2 N–H and O–H groups in total. The average Bonchev–Trinajstić information content (AvgIpc) is 3.18. The Balaban J connectivity index is 1.42. The van der Waals surface area contributed by atoms with Crippen LogP contribution in [0.3, 0.4) is 0 Å². The zero-order valence-corrected chi connectivity index (χ0v) is 14.3. The Kier molecular flexibility index (Phi) is 5.45. The number of nitrogens with zero attached hydrogens (tertiary/aromatic N) is 2. The van der Waals surface area contributed by atoms with Gasteiger partial charge in [-0.05, 0) is 19.3 Å². The third kappa shape index (κ3) is 4.39. The molecule has 23 heavy (non-hydrogen) atoms. The molecule has 1 spiro atoms. The Morgan fingerprint density at radius 3 is 2.74 bits per heavy atom. The Labute approximate surface area is 140 Å². The van der Waals surface area contributed by atoms with E-state index in [1.807, 2.05) is 0 Å². The Morgan fingerprint density at radius 2 is 2.04 bits per heavy atom. The van der Waals surface area contributed by atoms with Crippen LogP contribution in [0.5, 0.6) is 0 Å². The molecular formula is C15H24N4O3S. The number of hydrogen-bond donors (Lipinski definition) is 2. The Bertz CT molecular complexity index is 521. The summed E-state index contributed by atoms with van der Waals surface area (Å²) in [5, 5.41) is 15.4. The highest BCUT2D eigenvalue weighted by molar-refractivity contribution is 7.15.